The summed E-state index contributed by atoms with van der Waals surface area (Å²) >= 11 is 0. The van der Waals surface area contributed by atoms with Crippen molar-refractivity contribution >= 4 is 17.3 Å². The third kappa shape index (κ3) is 2.81. The van der Waals surface area contributed by atoms with Crippen molar-refractivity contribution in [3.8, 4) is 0 Å². The number of likely N-dealkylation sites (N-methyl/N-ethyl adjacent to an activating group) is 1. The average molecular weight is 236 g/mol. The summed E-state index contributed by atoms with van der Waals surface area (Å²) in [5, 5.41) is 19.7. The number of nitrogens with zero attached hydrogens (tertiary/aromatic N) is 2. The van der Waals surface area contributed by atoms with Gasteiger partial charge >= 0.3 is 5.97 Å². The molecule has 0 radical (unpaired) electrons. The maximum Gasteiger partial charge on any atom is 0.335 e. The molecule has 90 valence electrons. The molecule has 1 rings (SSSR count). The molecule has 6 heteroatoms. The number of carboxylic acid groups (broad SMARTS) is 1. The highest BCUT2D eigenvalue weighted by Crippen LogP contribution is 2.28. The lowest BCUT2D eigenvalue weighted by Gasteiger charge is -2.17. The van der Waals surface area contributed by atoms with Gasteiger partial charge in [0.15, 0.2) is 0 Å². The molecular formula is C11H12N2O4. The number of benzene rings is 1. The fourth-order valence-corrected chi connectivity index (χ4v) is 1.41. The normalized spacial score (nSPS) is 9.71. The second kappa shape index (κ2) is 5.11. The van der Waals surface area contributed by atoms with Gasteiger partial charge in [0.2, 0.25) is 0 Å². The molecule has 0 aliphatic carbocycles. The Morgan fingerprint density at radius 3 is 2.76 bits per heavy atom. The van der Waals surface area contributed by atoms with Gasteiger partial charge in [0.05, 0.1) is 10.5 Å². The highest BCUT2D eigenvalue weighted by molar-refractivity contribution is 5.90. The number of carboxylic acids is 1. The fraction of sp³-hybridized carbons (Fsp3) is 0.182. The summed E-state index contributed by atoms with van der Waals surface area (Å²) in [7, 11) is 1.63. The van der Waals surface area contributed by atoms with Gasteiger partial charge in [0.1, 0.15) is 5.69 Å². The molecule has 0 fully saturated rings. The first-order chi connectivity index (χ1) is 7.97. The summed E-state index contributed by atoms with van der Waals surface area (Å²) in [5.74, 6) is -1.12. The Labute approximate surface area is 97.9 Å². The van der Waals surface area contributed by atoms with E-state index < -0.39 is 10.9 Å². The molecule has 1 aromatic carbocycles. The van der Waals surface area contributed by atoms with Crippen molar-refractivity contribution in [1.82, 2.24) is 0 Å². The average Bonchev–Trinajstić information content (AvgIpc) is 2.28. The van der Waals surface area contributed by atoms with E-state index in [1.807, 2.05) is 0 Å². The summed E-state index contributed by atoms with van der Waals surface area (Å²) in [6, 6.07) is 3.69. The Balaban J connectivity index is 3.29. The zero-order valence-corrected chi connectivity index (χ0v) is 9.29. The second-order valence-electron chi connectivity index (χ2n) is 3.43. The van der Waals surface area contributed by atoms with Crippen LogP contribution >= 0.6 is 0 Å². The topological polar surface area (TPSA) is 83.7 Å². The molecule has 1 aromatic rings. The van der Waals surface area contributed by atoms with E-state index >= 15 is 0 Å². The molecular weight excluding hydrogens is 224 g/mol. The minimum Gasteiger partial charge on any atom is -0.478 e. The third-order valence-corrected chi connectivity index (χ3v) is 2.23. The van der Waals surface area contributed by atoms with Gasteiger partial charge in [-0.25, -0.2) is 4.79 Å². The first-order valence-electron chi connectivity index (χ1n) is 4.81. The Bertz CT molecular complexity index is 471. The van der Waals surface area contributed by atoms with E-state index in [9.17, 15) is 14.9 Å². The number of rotatable bonds is 5. The zero-order chi connectivity index (χ0) is 13.0. The molecule has 0 unspecified atom stereocenters. The highest BCUT2D eigenvalue weighted by Gasteiger charge is 2.18. The van der Waals surface area contributed by atoms with Crippen LogP contribution < -0.4 is 4.90 Å². The Morgan fingerprint density at radius 2 is 2.29 bits per heavy atom. The molecule has 0 amide bonds. The van der Waals surface area contributed by atoms with Gasteiger partial charge in [-0.2, -0.15) is 0 Å². The minimum atomic E-state index is -1.12. The quantitative estimate of drug-likeness (QED) is 0.479. The van der Waals surface area contributed by atoms with Crippen LogP contribution in [0.5, 0.6) is 0 Å². The van der Waals surface area contributed by atoms with Crippen LogP contribution in [0.25, 0.3) is 0 Å². The minimum absolute atomic E-state index is 0.0153. The second-order valence-corrected chi connectivity index (χ2v) is 3.43. The first kappa shape index (κ1) is 12.7. The number of aromatic carboxylic acids is 1. The maximum absolute atomic E-state index is 10.8. The molecule has 0 bridgehead atoms. The zero-order valence-electron chi connectivity index (χ0n) is 9.29. The molecule has 0 aromatic heterocycles. The van der Waals surface area contributed by atoms with Crippen LogP contribution in [0.4, 0.5) is 11.4 Å². The molecule has 0 spiro atoms. The van der Waals surface area contributed by atoms with E-state index in [1.165, 1.54) is 18.2 Å². The number of nitro benzene ring substituents is 1. The SMILES string of the molecule is C=CCN(C)c1cc(C(=O)O)ccc1[N+](=O)[O-]. The van der Waals surface area contributed by atoms with Crippen LogP contribution in [0.15, 0.2) is 30.9 Å². The maximum atomic E-state index is 10.8. The van der Waals surface area contributed by atoms with Crippen LogP contribution in [0.2, 0.25) is 0 Å². The van der Waals surface area contributed by atoms with Crippen molar-refractivity contribution in [2.45, 2.75) is 0 Å². The molecule has 0 atom stereocenters. The van der Waals surface area contributed by atoms with Crippen molar-refractivity contribution in [3.05, 3.63) is 46.5 Å². The molecule has 0 saturated carbocycles. The molecule has 0 aliphatic rings. The lowest BCUT2D eigenvalue weighted by atomic mass is 10.1. The fourth-order valence-electron chi connectivity index (χ4n) is 1.41. The summed E-state index contributed by atoms with van der Waals surface area (Å²) in [6.07, 6.45) is 1.58. The number of carbonyl (C=O) groups is 1. The summed E-state index contributed by atoms with van der Waals surface area (Å²) in [4.78, 5) is 22.6. The van der Waals surface area contributed by atoms with Crippen molar-refractivity contribution in [2.24, 2.45) is 0 Å². The van der Waals surface area contributed by atoms with Crippen LogP contribution in [0.1, 0.15) is 10.4 Å². The molecule has 0 aliphatic heterocycles. The van der Waals surface area contributed by atoms with Crippen LogP contribution in [0.3, 0.4) is 0 Å². The number of hydrogen-bond acceptors (Lipinski definition) is 4. The Morgan fingerprint density at radius 1 is 1.65 bits per heavy atom. The number of hydrogen-bond donors (Lipinski definition) is 1. The smallest absolute Gasteiger partial charge is 0.335 e. The standard InChI is InChI=1S/C11H12N2O4/c1-3-6-12(2)10-7-8(11(14)15)4-5-9(10)13(16)17/h3-5,7H,1,6H2,2H3,(H,14,15). The van der Waals surface area contributed by atoms with Crippen LogP contribution in [-0.2, 0) is 0 Å². The van der Waals surface area contributed by atoms with Gasteiger partial charge in [-0.05, 0) is 12.1 Å². The number of nitro groups is 1. The van der Waals surface area contributed by atoms with Gasteiger partial charge in [-0.15, -0.1) is 6.58 Å². The lowest BCUT2D eigenvalue weighted by Crippen LogP contribution is -2.18. The molecule has 0 heterocycles. The van der Waals surface area contributed by atoms with Crippen LogP contribution in [0, 0.1) is 10.1 Å². The van der Waals surface area contributed by atoms with Gasteiger partial charge in [-0.3, -0.25) is 10.1 Å². The van der Waals surface area contributed by atoms with E-state index in [1.54, 1.807) is 18.0 Å². The van der Waals surface area contributed by atoms with E-state index in [4.69, 9.17) is 5.11 Å². The van der Waals surface area contributed by atoms with Crippen molar-refractivity contribution < 1.29 is 14.8 Å². The predicted octanol–water partition coefficient (Wildman–Crippen LogP) is 1.92. The predicted molar refractivity (Wildman–Crippen MR) is 63.5 cm³/mol. The van der Waals surface area contributed by atoms with E-state index in [2.05, 4.69) is 6.58 Å². The molecule has 0 saturated heterocycles. The third-order valence-electron chi connectivity index (χ3n) is 2.23. The van der Waals surface area contributed by atoms with E-state index in [-0.39, 0.29) is 16.9 Å². The van der Waals surface area contributed by atoms with Gasteiger partial charge in [-0.1, -0.05) is 6.08 Å². The van der Waals surface area contributed by atoms with Gasteiger partial charge in [0.25, 0.3) is 5.69 Å². The van der Waals surface area contributed by atoms with E-state index in [0.717, 1.165) is 0 Å². The van der Waals surface area contributed by atoms with Gasteiger partial charge in [0, 0.05) is 19.7 Å². The number of anilines is 1. The molecule has 6 nitrogen and oxygen atoms in total. The lowest BCUT2D eigenvalue weighted by molar-refractivity contribution is -0.384. The Kier molecular flexibility index (Phi) is 3.82. The van der Waals surface area contributed by atoms with Gasteiger partial charge < -0.3 is 10.0 Å². The largest absolute Gasteiger partial charge is 0.478 e. The summed E-state index contributed by atoms with van der Waals surface area (Å²) < 4.78 is 0. The van der Waals surface area contributed by atoms with Crippen molar-refractivity contribution in [2.75, 3.05) is 18.5 Å². The molecule has 17 heavy (non-hydrogen) atoms. The molecule has 1 N–H and O–H groups in total. The first-order valence-corrected chi connectivity index (χ1v) is 4.81. The Hall–Kier alpha value is -2.37. The summed E-state index contributed by atoms with van der Waals surface area (Å²) in [5.41, 5.74) is 0.149. The van der Waals surface area contributed by atoms with Crippen LogP contribution in [-0.4, -0.2) is 29.6 Å². The van der Waals surface area contributed by atoms with Crippen molar-refractivity contribution in [1.29, 1.82) is 0 Å². The summed E-state index contributed by atoms with van der Waals surface area (Å²) in [6.45, 7) is 3.92. The monoisotopic (exact) mass is 236 g/mol. The van der Waals surface area contributed by atoms with Crippen molar-refractivity contribution in [3.63, 3.8) is 0 Å². The van der Waals surface area contributed by atoms with E-state index in [0.29, 0.717) is 6.54 Å². The highest BCUT2D eigenvalue weighted by atomic mass is 16.6.